The maximum absolute atomic E-state index is 13.5. The number of aromatic nitrogens is 2. The Bertz CT molecular complexity index is 1520. The fourth-order valence-electron chi connectivity index (χ4n) is 4.08. The SMILES string of the molecule is O=C(O)[C@@H](Cc1ccccc1)N1C(=O)/C(=C/c2cn(-c3ccccc3)nc2-c2cccc(Br)c2)SC1=S. The molecule has 0 radical (unpaired) electrons. The lowest BCUT2D eigenvalue weighted by Crippen LogP contribution is -2.45. The molecule has 1 aliphatic heterocycles. The molecule has 1 aliphatic rings. The molecule has 0 aliphatic carbocycles. The van der Waals surface area contributed by atoms with Crippen LogP contribution >= 0.6 is 39.9 Å². The van der Waals surface area contributed by atoms with Gasteiger partial charge in [-0.1, -0.05) is 101 Å². The third-order valence-corrected chi connectivity index (χ3v) is 7.66. The molecule has 1 fully saturated rings. The summed E-state index contributed by atoms with van der Waals surface area (Å²) >= 11 is 10.1. The number of rotatable bonds is 7. The van der Waals surface area contributed by atoms with Gasteiger partial charge < -0.3 is 5.11 Å². The number of halogens is 1. The molecule has 6 nitrogen and oxygen atoms in total. The summed E-state index contributed by atoms with van der Waals surface area (Å²) in [5.74, 6) is -1.53. The first-order valence-electron chi connectivity index (χ1n) is 11.4. The summed E-state index contributed by atoms with van der Waals surface area (Å²) in [4.78, 5) is 27.2. The second-order valence-electron chi connectivity index (χ2n) is 8.32. The van der Waals surface area contributed by atoms with Crippen LogP contribution < -0.4 is 0 Å². The molecule has 0 saturated carbocycles. The van der Waals surface area contributed by atoms with E-state index in [0.717, 1.165) is 38.6 Å². The number of carbonyl (C=O) groups is 2. The molecule has 0 spiro atoms. The van der Waals surface area contributed by atoms with Gasteiger partial charge in [0.2, 0.25) is 0 Å². The highest BCUT2D eigenvalue weighted by molar-refractivity contribution is 9.10. The second-order valence-corrected chi connectivity index (χ2v) is 10.9. The van der Waals surface area contributed by atoms with Crippen molar-refractivity contribution in [1.82, 2.24) is 14.7 Å². The van der Waals surface area contributed by atoms with Crippen LogP contribution in [-0.2, 0) is 16.0 Å². The zero-order valence-electron chi connectivity index (χ0n) is 19.3. The second kappa shape index (κ2) is 10.8. The Labute approximate surface area is 231 Å². The number of hydrogen-bond acceptors (Lipinski definition) is 5. The summed E-state index contributed by atoms with van der Waals surface area (Å²) in [5, 5.41) is 14.8. The predicted molar refractivity (Wildman–Crippen MR) is 153 cm³/mol. The summed E-state index contributed by atoms with van der Waals surface area (Å²) in [6, 6.07) is 25.6. The molecule has 1 saturated heterocycles. The van der Waals surface area contributed by atoms with Crippen molar-refractivity contribution in [3.05, 3.63) is 112 Å². The average molecular weight is 591 g/mol. The molecule has 5 rings (SSSR count). The first-order chi connectivity index (χ1) is 17.9. The number of nitrogens with zero attached hydrogens (tertiary/aromatic N) is 3. The number of benzene rings is 3. The van der Waals surface area contributed by atoms with E-state index in [-0.39, 0.29) is 10.7 Å². The number of carbonyl (C=O) groups excluding carboxylic acids is 1. The molecular formula is C28H20BrN3O3S2. The molecule has 0 unspecified atom stereocenters. The third-order valence-electron chi connectivity index (χ3n) is 5.84. The summed E-state index contributed by atoms with van der Waals surface area (Å²) in [6.45, 7) is 0. The molecule has 9 heteroatoms. The summed E-state index contributed by atoms with van der Waals surface area (Å²) in [7, 11) is 0. The maximum atomic E-state index is 13.5. The number of thioether (sulfide) groups is 1. The summed E-state index contributed by atoms with van der Waals surface area (Å²) in [5.41, 5.74) is 3.97. The highest BCUT2D eigenvalue weighted by Gasteiger charge is 2.40. The van der Waals surface area contributed by atoms with Crippen molar-refractivity contribution in [3.8, 4) is 16.9 Å². The van der Waals surface area contributed by atoms with E-state index >= 15 is 0 Å². The predicted octanol–water partition coefficient (Wildman–Crippen LogP) is 6.20. The molecule has 184 valence electrons. The number of aliphatic carboxylic acids is 1. The van der Waals surface area contributed by atoms with Gasteiger partial charge in [0.05, 0.1) is 10.6 Å². The molecule has 1 aromatic heterocycles. The lowest BCUT2D eigenvalue weighted by Gasteiger charge is -2.23. The van der Waals surface area contributed by atoms with E-state index in [4.69, 9.17) is 17.3 Å². The van der Waals surface area contributed by atoms with Gasteiger partial charge >= 0.3 is 5.97 Å². The van der Waals surface area contributed by atoms with Gasteiger partial charge in [-0.25, -0.2) is 9.48 Å². The zero-order chi connectivity index (χ0) is 25.9. The van der Waals surface area contributed by atoms with Crippen LogP contribution in [0.3, 0.4) is 0 Å². The molecular weight excluding hydrogens is 570 g/mol. The third kappa shape index (κ3) is 5.44. The van der Waals surface area contributed by atoms with E-state index in [2.05, 4.69) is 15.9 Å². The van der Waals surface area contributed by atoms with Crippen LogP contribution in [0.2, 0.25) is 0 Å². The van der Waals surface area contributed by atoms with Crippen LogP contribution in [0, 0.1) is 0 Å². The van der Waals surface area contributed by atoms with Crippen molar-refractivity contribution in [2.45, 2.75) is 12.5 Å². The number of amides is 1. The van der Waals surface area contributed by atoms with E-state index in [1.807, 2.05) is 91.1 Å². The van der Waals surface area contributed by atoms with Crippen LogP contribution in [0.4, 0.5) is 0 Å². The average Bonchev–Trinajstić information content (AvgIpc) is 3.44. The topological polar surface area (TPSA) is 75.4 Å². The maximum Gasteiger partial charge on any atom is 0.327 e. The molecule has 4 aromatic rings. The number of carboxylic acids is 1. The zero-order valence-corrected chi connectivity index (χ0v) is 22.5. The van der Waals surface area contributed by atoms with Gasteiger partial charge in [0.25, 0.3) is 5.91 Å². The van der Waals surface area contributed by atoms with E-state index in [1.165, 1.54) is 4.90 Å². The van der Waals surface area contributed by atoms with Crippen molar-refractivity contribution in [1.29, 1.82) is 0 Å². The highest BCUT2D eigenvalue weighted by Crippen LogP contribution is 2.37. The molecule has 0 bridgehead atoms. The standard InChI is InChI=1S/C28H20BrN3O3S2/c29-21-11-7-10-19(15-21)25-20(17-31(30-25)22-12-5-2-6-13-22)16-24-26(33)32(28(36)37-24)23(27(34)35)14-18-8-3-1-4-9-18/h1-13,15-17,23H,14H2,(H,34,35)/b24-16-/t23-/m1/s1. The van der Waals surface area contributed by atoms with Gasteiger partial charge in [-0.3, -0.25) is 9.69 Å². The lowest BCUT2D eigenvalue weighted by atomic mass is 10.0. The van der Waals surface area contributed by atoms with Crippen LogP contribution in [-0.4, -0.2) is 42.0 Å². The monoisotopic (exact) mass is 589 g/mol. The van der Waals surface area contributed by atoms with Crippen molar-refractivity contribution in [2.75, 3.05) is 0 Å². The Balaban J connectivity index is 1.53. The van der Waals surface area contributed by atoms with Crippen LogP contribution in [0.5, 0.6) is 0 Å². The van der Waals surface area contributed by atoms with Crippen molar-refractivity contribution in [3.63, 3.8) is 0 Å². The van der Waals surface area contributed by atoms with Gasteiger partial charge in [0.1, 0.15) is 16.1 Å². The van der Waals surface area contributed by atoms with Gasteiger partial charge in [-0.2, -0.15) is 5.10 Å². The van der Waals surface area contributed by atoms with E-state index in [1.54, 1.807) is 10.8 Å². The molecule has 37 heavy (non-hydrogen) atoms. The largest absolute Gasteiger partial charge is 0.480 e. The molecule has 1 N–H and O–H groups in total. The number of thiocarbonyl (C=S) groups is 1. The van der Waals surface area contributed by atoms with E-state index < -0.39 is 17.9 Å². The minimum absolute atomic E-state index is 0.158. The van der Waals surface area contributed by atoms with E-state index in [9.17, 15) is 14.7 Å². The normalized spacial score (nSPS) is 15.4. The Kier molecular flexibility index (Phi) is 7.36. The molecule has 3 aromatic carbocycles. The van der Waals surface area contributed by atoms with E-state index in [0.29, 0.717) is 10.6 Å². The number of para-hydroxylation sites is 1. The van der Waals surface area contributed by atoms with Gasteiger partial charge in [-0.05, 0) is 35.9 Å². The molecule has 1 amide bonds. The molecule has 2 heterocycles. The highest BCUT2D eigenvalue weighted by atomic mass is 79.9. The fourth-order valence-corrected chi connectivity index (χ4v) is 5.83. The van der Waals surface area contributed by atoms with Crippen LogP contribution in [0.15, 0.2) is 101 Å². The lowest BCUT2D eigenvalue weighted by molar-refractivity contribution is -0.145. The Hall–Kier alpha value is -3.53. The van der Waals surface area contributed by atoms with Crippen molar-refractivity contribution in [2.24, 2.45) is 0 Å². The van der Waals surface area contributed by atoms with Crippen molar-refractivity contribution >= 4 is 62.2 Å². The minimum atomic E-state index is -1.10. The smallest absolute Gasteiger partial charge is 0.327 e. The van der Waals surface area contributed by atoms with Crippen LogP contribution in [0.25, 0.3) is 23.0 Å². The minimum Gasteiger partial charge on any atom is -0.480 e. The Morgan fingerprint density at radius 2 is 1.76 bits per heavy atom. The number of carboxylic acid groups (broad SMARTS) is 1. The van der Waals surface area contributed by atoms with Crippen molar-refractivity contribution < 1.29 is 14.7 Å². The quantitative estimate of drug-likeness (QED) is 0.204. The van der Waals surface area contributed by atoms with Crippen LogP contribution in [0.1, 0.15) is 11.1 Å². The number of hydrogen-bond donors (Lipinski definition) is 1. The van der Waals surface area contributed by atoms with Gasteiger partial charge in [0.15, 0.2) is 0 Å². The summed E-state index contributed by atoms with van der Waals surface area (Å²) < 4.78 is 2.89. The Morgan fingerprint density at radius 1 is 1.05 bits per heavy atom. The van der Waals surface area contributed by atoms with Gasteiger partial charge in [-0.15, -0.1) is 0 Å². The fraction of sp³-hybridized carbons (Fsp3) is 0.0714. The molecule has 1 atom stereocenters. The Morgan fingerprint density at radius 3 is 2.43 bits per heavy atom. The summed E-state index contributed by atoms with van der Waals surface area (Å²) in [6.07, 6.45) is 3.76. The van der Waals surface area contributed by atoms with Gasteiger partial charge in [0, 0.05) is 28.2 Å². The first kappa shape index (κ1) is 25.1. The first-order valence-corrected chi connectivity index (χ1v) is 13.4.